The predicted octanol–water partition coefficient (Wildman–Crippen LogP) is 2.29. The highest BCUT2D eigenvalue weighted by atomic mass is 19.2. The molecule has 0 spiro atoms. The number of hydrogen-bond donors (Lipinski definition) is 0. The second-order valence-corrected chi connectivity index (χ2v) is 5.44. The van der Waals surface area contributed by atoms with Gasteiger partial charge < -0.3 is 14.4 Å². The maximum absolute atomic E-state index is 13.9. The van der Waals surface area contributed by atoms with E-state index in [1.165, 1.54) is 12.0 Å². The first-order chi connectivity index (χ1) is 11.4. The van der Waals surface area contributed by atoms with E-state index in [1.807, 2.05) is 0 Å². The van der Waals surface area contributed by atoms with Crippen LogP contribution in [0, 0.1) is 17.5 Å². The van der Waals surface area contributed by atoms with Crippen LogP contribution in [-0.4, -0.2) is 49.7 Å². The van der Waals surface area contributed by atoms with Gasteiger partial charge in [0, 0.05) is 19.7 Å². The van der Waals surface area contributed by atoms with Gasteiger partial charge >= 0.3 is 5.97 Å². The number of methoxy groups -OCH3 is 1. The molecule has 0 aliphatic carbocycles. The minimum atomic E-state index is -1.70. The van der Waals surface area contributed by atoms with Crippen molar-refractivity contribution in [2.24, 2.45) is 0 Å². The molecule has 5 nitrogen and oxygen atoms in total. The highest BCUT2D eigenvalue weighted by Crippen LogP contribution is 2.19. The molecule has 1 amide bonds. The van der Waals surface area contributed by atoms with Gasteiger partial charge in [-0.1, -0.05) is 0 Å². The van der Waals surface area contributed by atoms with Gasteiger partial charge in [-0.15, -0.1) is 0 Å². The van der Waals surface area contributed by atoms with E-state index >= 15 is 0 Å². The Labute approximate surface area is 137 Å². The molecule has 1 fully saturated rings. The largest absolute Gasteiger partial charge is 0.469 e. The number of ether oxygens (including phenoxy) is 2. The average Bonchev–Trinajstić information content (AvgIpc) is 3.08. The van der Waals surface area contributed by atoms with E-state index in [9.17, 15) is 22.8 Å². The summed E-state index contributed by atoms with van der Waals surface area (Å²) < 4.78 is 50.2. The monoisotopic (exact) mass is 345 g/mol. The van der Waals surface area contributed by atoms with Crippen LogP contribution in [0.1, 0.15) is 29.6 Å². The van der Waals surface area contributed by atoms with Crippen molar-refractivity contribution in [3.8, 4) is 0 Å². The number of nitrogens with zero attached hydrogens (tertiary/aromatic N) is 1. The Hall–Kier alpha value is -2.09. The van der Waals surface area contributed by atoms with Gasteiger partial charge in [-0.3, -0.25) is 9.59 Å². The van der Waals surface area contributed by atoms with Crippen molar-refractivity contribution in [2.45, 2.75) is 25.4 Å². The Bertz CT molecular complexity index is 618. The summed E-state index contributed by atoms with van der Waals surface area (Å²) in [5.74, 6) is -5.98. The Morgan fingerprint density at radius 2 is 2.04 bits per heavy atom. The maximum atomic E-state index is 13.9. The third-order valence-electron chi connectivity index (χ3n) is 3.81. The van der Waals surface area contributed by atoms with Gasteiger partial charge in [0.2, 0.25) is 0 Å². The molecule has 0 aromatic heterocycles. The Kier molecular flexibility index (Phi) is 6.19. The van der Waals surface area contributed by atoms with Crippen LogP contribution in [0.25, 0.3) is 0 Å². The first kappa shape index (κ1) is 18.3. The van der Waals surface area contributed by atoms with Gasteiger partial charge in [-0.05, 0) is 25.0 Å². The molecule has 24 heavy (non-hydrogen) atoms. The molecule has 1 heterocycles. The zero-order valence-electron chi connectivity index (χ0n) is 13.2. The van der Waals surface area contributed by atoms with E-state index in [0.29, 0.717) is 12.7 Å². The number of amides is 1. The number of hydrogen-bond acceptors (Lipinski definition) is 4. The number of rotatable bonds is 6. The van der Waals surface area contributed by atoms with Crippen molar-refractivity contribution in [2.75, 3.05) is 26.8 Å². The molecular weight excluding hydrogens is 327 g/mol. The topological polar surface area (TPSA) is 55.8 Å². The Morgan fingerprint density at radius 3 is 2.67 bits per heavy atom. The molecule has 0 N–H and O–H groups in total. The normalized spacial score (nSPS) is 16.9. The number of halogens is 3. The Balaban J connectivity index is 2.19. The molecule has 8 heteroatoms. The van der Waals surface area contributed by atoms with E-state index in [2.05, 4.69) is 4.74 Å². The van der Waals surface area contributed by atoms with Crippen LogP contribution in [0.2, 0.25) is 0 Å². The summed E-state index contributed by atoms with van der Waals surface area (Å²) in [7, 11) is 1.21. The minimum Gasteiger partial charge on any atom is -0.469 e. The van der Waals surface area contributed by atoms with E-state index in [-0.39, 0.29) is 25.6 Å². The third kappa shape index (κ3) is 4.25. The number of carbonyl (C=O) groups excluding carboxylic acids is 2. The fraction of sp³-hybridized carbons (Fsp3) is 0.500. The average molecular weight is 345 g/mol. The summed E-state index contributed by atoms with van der Waals surface area (Å²) in [4.78, 5) is 25.0. The van der Waals surface area contributed by atoms with Crippen molar-refractivity contribution in [3.63, 3.8) is 0 Å². The zero-order chi connectivity index (χ0) is 17.7. The summed E-state index contributed by atoms with van der Waals surface area (Å²) in [5, 5.41) is 0. The van der Waals surface area contributed by atoms with E-state index in [1.54, 1.807) is 0 Å². The molecule has 1 atom stereocenters. The van der Waals surface area contributed by atoms with Gasteiger partial charge in [-0.25, -0.2) is 13.2 Å². The second-order valence-electron chi connectivity index (χ2n) is 5.44. The highest BCUT2D eigenvalue weighted by Gasteiger charge is 2.27. The van der Waals surface area contributed by atoms with Crippen molar-refractivity contribution in [1.82, 2.24) is 4.90 Å². The molecule has 2 rings (SSSR count). The lowest BCUT2D eigenvalue weighted by molar-refractivity contribution is -0.140. The lowest BCUT2D eigenvalue weighted by atomic mass is 10.1. The van der Waals surface area contributed by atoms with Crippen molar-refractivity contribution < 1.29 is 32.2 Å². The predicted molar refractivity (Wildman–Crippen MR) is 77.8 cm³/mol. The summed E-state index contributed by atoms with van der Waals surface area (Å²) in [6.07, 6.45) is 1.23. The van der Waals surface area contributed by atoms with Gasteiger partial charge in [0.1, 0.15) is 0 Å². The lowest BCUT2D eigenvalue weighted by Crippen LogP contribution is -2.39. The highest BCUT2D eigenvalue weighted by molar-refractivity contribution is 5.94. The van der Waals surface area contributed by atoms with Gasteiger partial charge in [-0.2, -0.15) is 0 Å². The molecule has 1 aliphatic heterocycles. The first-order valence-corrected chi connectivity index (χ1v) is 7.55. The molecule has 1 aliphatic rings. The van der Waals surface area contributed by atoms with Crippen molar-refractivity contribution in [3.05, 3.63) is 35.1 Å². The smallest absolute Gasteiger partial charge is 0.307 e. The van der Waals surface area contributed by atoms with Crippen molar-refractivity contribution in [1.29, 1.82) is 0 Å². The Morgan fingerprint density at radius 1 is 1.29 bits per heavy atom. The van der Waals surface area contributed by atoms with Crippen LogP contribution in [0.5, 0.6) is 0 Å². The fourth-order valence-electron chi connectivity index (χ4n) is 2.50. The molecule has 0 bridgehead atoms. The molecule has 0 radical (unpaired) electrons. The van der Waals surface area contributed by atoms with Gasteiger partial charge in [0.25, 0.3) is 5.91 Å². The van der Waals surface area contributed by atoms with Crippen LogP contribution in [0.3, 0.4) is 0 Å². The van der Waals surface area contributed by atoms with Crippen LogP contribution in [0.15, 0.2) is 12.1 Å². The summed E-state index contributed by atoms with van der Waals surface area (Å²) >= 11 is 0. The quantitative estimate of drug-likeness (QED) is 0.586. The van der Waals surface area contributed by atoms with Crippen molar-refractivity contribution >= 4 is 11.9 Å². The van der Waals surface area contributed by atoms with E-state index in [0.717, 1.165) is 18.9 Å². The van der Waals surface area contributed by atoms with Gasteiger partial charge in [0.15, 0.2) is 17.5 Å². The van der Waals surface area contributed by atoms with E-state index < -0.39 is 34.9 Å². The number of esters is 1. The molecule has 132 valence electrons. The van der Waals surface area contributed by atoms with Crippen LogP contribution in [0.4, 0.5) is 13.2 Å². The van der Waals surface area contributed by atoms with Gasteiger partial charge in [0.05, 0.1) is 25.2 Å². The molecule has 1 saturated heterocycles. The number of carbonyl (C=O) groups is 2. The number of benzene rings is 1. The molecule has 1 aromatic rings. The first-order valence-electron chi connectivity index (χ1n) is 7.55. The van der Waals surface area contributed by atoms with Crippen LogP contribution in [-0.2, 0) is 14.3 Å². The summed E-state index contributed by atoms with van der Waals surface area (Å²) in [6.45, 7) is 0.654. The second kappa shape index (κ2) is 8.14. The lowest BCUT2D eigenvalue weighted by Gasteiger charge is -2.25. The van der Waals surface area contributed by atoms with Crippen LogP contribution >= 0.6 is 0 Å². The molecule has 1 unspecified atom stereocenters. The SMILES string of the molecule is COC(=O)CCN(CC1CCCO1)C(=O)c1ccc(F)c(F)c1F. The summed E-state index contributed by atoms with van der Waals surface area (Å²) in [6, 6.07) is 1.58. The molecular formula is C16H18F3NO4. The van der Waals surface area contributed by atoms with Crippen LogP contribution < -0.4 is 0 Å². The third-order valence-corrected chi connectivity index (χ3v) is 3.81. The maximum Gasteiger partial charge on any atom is 0.307 e. The van der Waals surface area contributed by atoms with E-state index in [4.69, 9.17) is 4.74 Å². The standard InChI is InChI=1S/C16H18F3NO4/c1-23-13(21)6-7-20(9-10-3-2-8-24-10)16(22)11-4-5-12(17)15(19)14(11)18/h4-5,10H,2-3,6-9H2,1H3. The molecule has 0 saturated carbocycles. The summed E-state index contributed by atoms with van der Waals surface area (Å²) in [5.41, 5.74) is -0.586. The fourth-order valence-corrected chi connectivity index (χ4v) is 2.50. The molecule has 1 aromatic carbocycles. The minimum absolute atomic E-state index is 0.0379. The zero-order valence-corrected chi connectivity index (χ0v) is 13.2.